The molecule has 0 radical (unpaired) electrons. The van der Waals surface area contributed by atoms with Crippen LogP contribution in [0.25, 0.3) is 11.3 Å². The van der Waals surface area contributed by atoms with Crippen molar-refractivity contribution in [1.29, 1.82) is 0 Å². The molecule has 3 aromatic rings. The number of carbonyl (C=O) groups is 1. The van der Waals surface area contributed by atoms with Gasteiger partial charge in [-0.05, 0) is 19.1 Å². The van der Waals surface area contributed by atoms with Gasteiger partial charge in [0.25, 0.3) is 0 Å². The minimum atomic E-state index is -4.84. The van der Waals surface area contributed by atoms with Crippen LogP contribution in [0.1, 0.15) is 17.9 Å². The molecule has 3 rings (SSSR count). The Balaban J connectivity index is 1.59. The van der Waals surface area contributed by atoms with E-state index in [1.54, 1.807) is 6.20 Å². The predicted octanol–water partition coefficient (Wildman–Crippen LogP) is 5.12. The van der Waals surface area contributed by atoms with Gasteiger partial charge in [-0.1, -0.05) is 42.0 Å². The molecule has 0 aliphatic carbocycles. The molecule has 8 heteroatoms. The van der Waals surface area contributed by atoms with E-state index in [4.69, 9.17) is 4.42 Å². The number of benzene rings is 2. The summed E-state index contributed by atoms with van der Waals surface area (Å²) < 4.78 is 46.9. The lowest BCUT2D eigenvalue weighted by Gasteiger charge is -2.13. The second-order valence-electron chi connectivity index (χ2n) is 6.08. The number of amides is 1. The Morgan fingerprint density at radius 2 is 1.86 bits per heavy atom. The Morgan fingerprint density at radius 1 is 1.14 bits per heavy atom. The van der Waals surface area contributed by atoms with Crippen molar-refractivity contribution in [1.82, 2.24) is 4.98 Å². The van der Waals surface area contributed by atoms with Gasteiger partial charge in [-0.3, -0.25) is 4.79 Å². The lowest BCUT2D eigenvalue weighted by atomic mass is 10.1. The zero-order valence-electron chi connectivity index (χ0n) is 14.9. The number of alkyl halides is 3. The fraction of sp³-hybridized carbons (Fsp3) is 0.200. The van der Waals surface area contributed by atoms with Crippen molar-refractivity contribution in [3.05, 3.63) is 66.2 Å². The van der Waals surface area contributed by atoms with E-state index in [0.29, 0.717) is 11.7 Å². The minimum Gasteiger partial charge on any atom is -0.441 e. The maximum absolute atomic E-state index is 12.4. The monoisotopic (exact) mass is 390 g/mol. The third-order valence-corrected chi connectivity index (χ3v) is 3.84. The highest BCUT2D eigenvalue weighted by Gasteiger charge is 2.32. The molecule has 0 saturated carbocycles. The van der Waals surface area contributed by atoms with Crippen molar-refractivity contribution in [2.75, 3.05) is 5.32 Å². The van der Waals surface area contributed by atoms with Gasteiger partial charge in [0.05, 0.1) is 11.9 Å². The summed E-state index contributed by atoms with van der Waals surface area (Å²) in [4.78, 5) is 16.2. The van der Waals surface area contributed by atoms with Gasteiger partial charge < -0.3 is 14.5 Å². The molecule has 146 valence electrons. The third-order valence-electron chi connectivity index (χ3n) is 3.84. The minimum absolute atomic E-state index is 0.00575. The van der Waals surface area contributed by atoms with Crippen LogP contribution in [0.4, 0.5) is 18.9 Å². The summed E-state index contributed by atoms with van der Waals surface area (Å²) in [6.07, 6.45) is -3.07. The Labute approximate surface area is 159 Å². The number of oxazole rings is 1. The van der Waals surface area contributed by atoms with Crippen LogP contribution in [-0.2, 0) is 11.2 Å². The van der Waals surface area contributed by atoms with E-state index in [1.165, 1.54) is 18.2 Å². The molecule has 0 aliphatic heterocycles. The Hall–Kier alpha value is -3.29. The summed E-state index contributed by atoms with van der Waals surface area (Å²) >= 11 is 0. The fourth-order valence-electron chi connectivity index (χ4n) is 2.49. The number of rotatable bonds is 6. The molecule has 2 aromatic carbocycles. The molecular formula is C20H17F3N2O3. The molecule has 1 amide bonds. The number of ether oxygens (including phenoxy) is 1. The van der Waals surface area contributed by atoms with Crippen molar-refractivity contribution >= 4 is 11.6 Å². The van der Waals surface area contributed by atoms with E-state index in [1.807, 2.05) is 31.2 Å². The van der Waals surface area contributed by atoms with Crippen LogP contribution in [0.5, 0.6) is 5.75 Å². The molecule has 1 N–H and O–H groups in total. The predicted molar refractivity (Wildman–Crippen MR) is 96.8 cm³/mol. The topological polar surface area (TPSA) is 64.4 Å². The first-order valence-corrected chi connectivity index (χ1v) is 8.46. The lowest BCUT2D eigenvalue weighted by molar-refractivity contribution is -0.274. The van der Waals surface area contributed by atoms with Crippen LogP contribution in [0, 0.1) is 6.92 Å². The van der Waals surface area contributed by atoms with E-state index in [0.717, 1.165) is 17.2 Å². The number of hydrogen-bond acceptors (Lipinski definition) is 4. The fourth-order valence-corrected chi connectivity index (χ4v) is 2.49. The first kappa shape index (κ1) is 19.5. The van der Waals surface area contributed by atoms with E-state index in [-0.39, 0.29) is 18.5 Å². The number of carbonyl (C=O) groups excluding carboxylic acids is 1. The Morgan fingerprint density at radius 3 is 2.57 bits per heavy atom. The molecule has 1 heterocycles. The average Bonchev–Trinajstić information content (AvgIpc) is 3.10. The maximum atomic E-state index is 12.4. The highest BCUT2D eigenvalue weighted by Crippen LogP contribution is 2.30. The van der Waals surface area contributed by atoms with Gasteiger partial charge in [0.2, 0.25) is 5.91 Å². The molecule has 0 unspecified atom stereocenters. The summed E-state index contributed by atoms with van der Waals surface area (Å²) in [5.41, 5.74) is 1.93. The molecule has 28 heavy (non-hydrogen) atoms. The Kier molecular flexibility index (Phi) is 5.67. The number of para-hydroxylation sites is 2. The number of aromatic nitrogens is 1. The van der Waals surface area contributed by atoms with Crippen LogP contribution >= 0.6 is 0 Å². The zero-order chi connectivity index (χ0) is 20.1. The van der Waals surface area contributed by atoms with E-state index >= 15 is 0 Å². The molecule has 0 spiro atoms. The number of anilines is 1. The zero-order valence-corrected chi connectivity index (χ0v) is 14.9. The first-order chi connectivity index (χ1) is 13.3. The van der Waals surface area contributed by atoms with Gasteiger partial charge in [0.15, 0.2) is 17.4 Å². The van der Waals surface area contributed by atoms with Gasteiger partial charge in [0.1, 0.15) is 0 Å². The molecule has 0 atom stereocenters. The van der Waals surface area contributed by atoms with Crippen molar-refractivity contribution in [2.45, 2.75) is 26.1 Å². The molecule has 0 fully saturated rings. The van der Waals surface area contributed by atoms with Crippen molar-refractivity contribution < 1.29 is 27.1 Å². The van der Waals surface area contributed by atoms with Crippen LogP contribution in [-0.4, -0.2) is 17.3 Å². The Bertz CT molecular complexity index is 950. The number of nitrogens with zero attached hydrogens (tertiary/aromatic N) is 1. The normalized spacial score (nSPS) is 11.3. The van der Waals surface area contributed by atoms with Crippen molar-refractivity contribution in [3.8, 4) is 17.1 Å². The number of aryl methyl sites for hydroxylation is 2. The SMILES string of the molecule is Cc1ccc(-c2cnc(CCC(=O)Nc3ccccc3OC(F)(F)F)o2)cc1. The molecule has 0 saturated heterocycles. The van der Waals surface area contributed by atoms with Crippen molar-refractivity contribution in [3.63, 3.8) is 0 Å². The molecular weight excluding hydrogens is 373 g/mol. The summed E-state index contributed by atoms with van der Waals surface area (Å²) in [7, 11) is 0. The van der Waals surface area contributed by atoms with Crippen LogP contribution < -0.4 is 10.1 Å². The average molecular weight is 390 g/mol. The van der Waals surface area contributed by atoms with Crippen LogP contribution in [0.15, 0.2) is 59.1 Å². The van der Waals surface area contributed by atoms with Gasteiger partial charge in [-0.15, -0.1) is 13.2 Å². The maximum Gasteiger partial charge on any atom is 0.573 e. The highest BCUT2D eigenvalue weighted by atomic mass is 19.4. The molecule has 0 aliphatic rings. The summed E-state index contributed by atoms with van der Waals surface area (Å²) in [6, 6.07) is 13.1. The second kappa shape index (κ2) is 8.16. The van der Waals surface area contributed by atoms with Crippen LogP contribution in [0.2, 0.25) is 0 Å². The highest BCUT2D eigenvalue weighted by molar-refractivity contribution is 5.92. The van der Waals surface area contributed by atoms with E-state index in [2.05, 4.69) is 15.0 Å². The van der Waals surface area contributed by atoms with Crippen molar-refractivity contribution in [2.24, 2.45) is 0 Å². The summed E-state index contributed by atoms with van der Waals surface area (Å²) in [6.45, 7) is 1.98. The second-order valence-corrected chi connectivity index (χ2v) is 6.08. The van der Waals surface area contributed by atoms with Gasteiger partial charge >= 0.3 is 6.36 Å². The molecule has 0 bridgehead atoms. The number of nitrogens with one attached hydrogen (secondary N) is 1. The number of halogens is 3. The van der Waals surface area contributed by atoms with E-state index < -0.39 is 18.0 Å². The van der Waals surface area contributed by atoms with E-state index in [9.17, 15) is 18.0 Å². The first-order valence-electron chi connectivity index (χ1n) is 8.46. The molecule has 1 aromatic heterocycles. The number of hydrogen-bond donors (Lipinski definition) is 1. The smallest absolute Gasteiger partial charge is 0.441 e. The summed E-state index contributed by atoms with van der Waals surface area (Å²) in [5.74, 6) is -0.000626. The molecule has 5 nitrogen and oxygen atoms in total. The van der Waals surface area contributed by atoms with Gasteiger partial charge in [-0.2, -0.15) is 0 Å². The lowest BCUT2D eigenvalue weighted by Crippen LogP contribution is -2.19. The third kappa shape index (κ3) is 5.35. The standard InChI is InChI=1S/C20H17F3N2O3/c1-13-6-8-14(9-7-13)17-12-24-19(27-17)11-10-18(26)25-15-4-2-3-5-16(15)28-20(21,22)23/h2-9,12H,10-11H2,1H3,(H,25,26). The van der Waals surface area contributed by atoms with Gasteiger partial charge in [-0.25, -0.2) is 4.98 Å². The quantitative estimate of drug-likeness (QED) is 0.635. The van der Waals surface area contributed by atoms with Gasteiger partial charge in [0, 0.05) is 18.4 Å². The van der Waals surface area contributed by atoms with Crippen LogP contribution in [0.3, 0.4) is 0 Å². The largest absolute Gasteiger partial charge is 0.573 e. The summed E-state index contributed by atoms with van der Waals surface area (Å²) in [5, 5.41) is 2.41.